The fourth-order valence-electron chi connectivity index (χ4n) is 6.64. The molecule has 1 aromatic heterocycles. The maximum absolute atomic E-state index is 2.40. The summed E-state index contributed by atoms with van der Waals surface area (Å²) in [5.41, 5.74) is 5.82. The fraction of sp³-hybridized carbons (Fsp3) is 0. The highest BCUT2D eigenvalue weighted by Crippen LogP contribution is 2.42. The Morgan fingerprint density at radius 2 is 0.977 bits per heavy atom. The van der Waals surface area contributed by atoms with Crippen LogP contribution in [0.15, 0.2) is 164 Å². The van der Waals surface area contributed by atoms with Crippen molar-refractivity contribution >= 4 is 80.9 Å². The monoisotopic (exact) mass is 577 g/mol. The summed E-state index contributed by atoms with van der Waals surface area (Å²) < 4.78 is 2.67. The highest BCUT2D eigenvalue weighted by Gasteiger charge is 2.16. The summed E-state index contributed by atoms with van der Waals surface area (Å²) in [6.07, 6.45) is 0. The molecule has 9 rings (SSSR count). The molecule has 8 aromatic carbocycles. The number of benzene rings is 8. The van der Waals surface area contributed by atoms with Crippen molar-refractivity contribution in [3.63, 3.8) is 0 Å². The van der Waals surface area contributed by atoms with Crippen LogP contribution in [0.5, 0.6) is 0 Å². The number of thiophene rings is 1. The Hall–Kier alpha value is -5.44. The molecule has 0 bridgehead atoms. The highest BCUT2D eigenvalue weighted by atomic mass is 32.1. The van der Waals surface area contributed by atoms with Gasteiger partial charge in [-0.3, -0.25) is 0 Å². The normalized spacial score (nSPS) is 11.6. The Morgan fingerprint density at radius 3 is 1.89 bits per heavy atom. The van der Waals surface area contributed by atoms with E-state index in [-0.39, 0.29) is 0 Å². The molecule has 44 heavy (non-hydrogen) atoms. The van der Waals surface area contributed by atoms with Crippen molar-refractivity contribution in [2.24, 2.45) is 0 Å². The van der Waals surface area contributed by atoms with Gasteiger partial charge < -0.3 is 4.90 Å². The predicted molar refractivity (Wildman–Crippen MR) is 192 cm³/mol. The van der Waals surface area contributed by atoms with Crippen molar-refractivity contribution in [3.8, 4) is 11.1 Å². The van der Waals surface area contributed by atoms with Crippen LogP contribution in [0.4, 0.5) is 17.1 Å². The molecule has 0 aliphatic rings. The molecule has 0 aliphatic heterocycles. The summed E-state index contributed by atoms with van der Waals surface area (Å²) >= 11 is 1.87. The molecule has 0 unspecified atom stereocenters. The van der Waals surface area contributed by atoms with Crippen molar-refractivity contribution in [1.82, 2.24) is 0 Å². The summed E-state index contributed by atoms with van der Waals surface area (Å²) in [5.74, 6) is 0. The molecular formula is C42H27NS. The zero-order chi connectivity index (χ0) is 29.0. The Kier molecular flexibility index (Phi) is 5.75. The molecular weight excluding hydrogens is 551 g/mol. The standard InChI is InChI=1S/C42H27NS/c1-2-9-28(10-3-1)30-12-8-13-34(23-30)43(36-21-22-38-32(24-36)18-17-29-11-4-5-14-37(29)38)35-20-19-31-27-42-40(26-33(31)25-35)39-15-6-7-16-41(39)44-42/h1-27H. The maximum Gasteiger partial charge on any atom is 0.0468 e. The molecule has 0 saturated carbocycles. The number of rotatable bonds is 4. The summed E-state index contributed by atoms with van der Waals surface area (Å²) in [6.45, 7) is 0. The van der Waals surface area contributed by atoms with Crippen LogP contribution in [-0.2, 0) is 0 Å². The average molecular weight is 578 g/mol. The molecule has 0 atom stereocenters. The van der Waals surface area contributed by atoms with Crippen molar-refractivity contribution in [3.05, 3.63) is 164 Å². The van der Waals surface area contributed by atoms with Gasteiger partial charge in [-0.2, -0.15) is 0 Å². The first-order valence-corrected chi connectivity index (χ1v) is 15.8. The average Bonchev–Trinajstić information content (AvgIpc) is 3.45. The molecule has 0 fully saturated rings. The Morgan fingerprint density at radius 1 is 0.318 bits per heavy atom. The minimum absolute atomic E-state index is 1.13. The van der Waals surface area contributed by atoms with E-state index in [1.807, 2.05) is 11.3 Å². The Bertz CT molecular complexity index is 2510. The molecule has 0 spiro atoms. The third-order valence-electron chi connectivity index (χ3n) is 8.78. The lowest BCUT2D eigenvalue weighted by molar-refractivity contribution is 1.29. The van der Waals surface area contributed by atoms with Gasteiger partial charge in [0.15, 0.2) is 0 Å². The third-order valence-corrected chi connectivity index (χ3v) is 9.91. The first kappa shape index (κ1) is 25.1. The summed E-state index contributed by atoms with van der Waals surface area (Å²) in [6, 6.07) is 59.9. The third kappa shape index (κ3) is 4.15. The van der Waals surface area contributed by atoms with Crippen molar-refractivity contribution in [2.75, 3.05) is 4.90 Å². The summed E-state index contributed by atoms with van der Waals surface area (Å²) in [4.78, 5) is 2.40. The fourth-order valence-corrected chi connectivity index (χ4v) is 7.77. The van der Waals surface area contributed by atoms with Crippen molar-refractivity contribution in [1.29, 1.82) is 0 Å². The smallest absolute Gasteiger partial charge is 0.0468 e. The van der Waals surface area contributed by atoms with E-state index < -0.39 is 0 Å². The van der Waals surface area contributed by atoms with Gasteiger partial charge in [-0.15, -0.1) is 11.3 Å². The lowest BCUT2D eigenvalue weighted by atomic mass is 10.00. The van der Waals surface area contributed by atoms with E-state index in [0.717, 1.165) is 17.1 Å². The van der Waals surface area contributed by atoms with Crippen LogP contribution in [0.25, 0.3) is 63.6 Å². The Labute approximate surface area is 259 Å². The second-order valence-corrected chi connectivity index (χ2v) is 12.5. The lowest BCUT2D eigenvalue weighted by Crippen LogP contribution is -2.10. The highest BCUT2D eigenvalue weighted by molar-refractivity contribution is 7.25. The quantitative estimate of drug-likeness (QED) is 0.188. The molecule has 9 aromatic rings. The van der Waals surface area contributed by atoms with Gasteiger partial charge in [0, 0.05) is 37.2 Å². The van der Waals surface area contributed by atoms with Gasteiger partial charge in [0.05, 0.1) is 0 Å². The van der Waals surface area contributed by atoms with Crippen LogP contribution in [0.2, 0.25) is 0 Å². The van der Waals surface area contributed by atoms with Crippen molar-refractivity contribution < 1.29 is 0 Å². The van der Waals surface area contributed by atoms with E-state index in [2.05, 4.69) is 169 Å². The van der Waals surface area contributed by atoms with E-state index in [1.54, 1.807) is 0 Å². The van der Waals surface area contributed by atoms with Crippen LogP contribution in [-0.4, -0.2) is 0 Å². The largest absolute Gasteiger partial charge is 0.310 e. The summed E-state index contributed by atoms with van der Waals surface area (Å²) in [5, 5.41) is 10.2. The molecule has 0 radical (unpaired) electrons. The van der Waals surface area contributed by atoms with E-state index >= 15 is 0 Å². The van der Waals surface area contributed by atoms with Gasteiger partial charge in [-0.1, -0.05) is 109 Å². The topological polar surface area (TPSA) is 3.24 Å². The zero-order valence-electron chi connectivity index (χ0n) is 23.9. The van der Waals surface area contributed by atoms with Crippen LogP contribution >= 0.6 is 11.3 Å². The molecule has 0 saturated heterocycles. The van der Waals surface area contributed by atoms with Gasteiger partial charge in [0.1, 0.15) is 0 Å². The van der Waals surface area contributed by atoms with Crippen LogP contribution in [0.1, 0.15) is 0 Å². The molecule has 0 amide bonds. The number of nitrogens with zero attached hydrogens (tertiary/aromatic N) is 1. The molecule has 206 valence electrons. The second-order valence-electron chi connectivity index (χ2n) is 11.4. The van der Waals surface area contributed by atoms with Gasteiger partial charge in [0.2, 0.25) is 0 Å². The van der Waals surface area contributed by atoms with Gasteiger partial charge in [-0.25, -0.2) is 0 Å². The minimum atomic E-state index is 1.13. The molecule has 0 aliphatic carbocycles. The second kappa shape index (κ2) is 10.1. The van der Waals surface area contributed by atoms with E-state index in [1.165, 1.54) is 63.6 Å². The SMILES string of the molecule is c1ccc(-c2cccc(N(c3ccc4cc5sc6ccccc6c5cc4c3)c3ccc4c(ccc5ccccc54)c3)c2)cc1. The maximum atomic E-state index is 2.40. The molecule has 0 N–H and O–H groups in total. The van der Waals surface area contributed by atoms with E-state index in [9.17, 15) is 0 Å². The Balaban J connectivity index is 1.26. The summed E-state index contributed by atoms with van der Waals surface area (Å²) in [7, 11) is 0. The van der Waals surface area contributed by atoms with Crippen LogP contribution in [0.3, 0.4) is 0 Å². The van der Waals surface area contributed by atoms with E-state index in [4.69, 9.17) is 0 Å². The van der Waals surface area contributed by atoms with Crippen LogP contribution < -0.4 is 4.90 Å². The van der Waals surface area contributed by atoms with Gasteiger partial charge >= 0.3 is 0 Å². The van der Waals surface area contributed by atoms with Crippen LogP contribution in [0, 0.1) is 0 Å². The minimum Gasteiger partial charge on any atom is -0.310 e. The number of hydrogen-bond donors (Lipinski definition) is 0. The number of fused-ring (bicyclic) bond motifs is 7. The predicted octanol–water partition coefficient (Wildman–Crippen LogP) is 12.7. The molecule has 1 heterocycles. The number of hydrogen-bond acceptors (Lipinski definition) is 2. The molecule has 1 nitrogen and oxygen atoms in total. The molecule has 2 heteroatoms. The first-order valence-electron chi connectivity index (χ1n) is 15.0. The first-order chi connectivity index (χ1) is 21.8. The van der Waals surface area contributed by atoms with Crippen molar-refractivity contribution in [2.45, 2.75) is 0 Å². The number of anilines is 3. The zero-order valence-corrected chi connectivity index (χ0v) is 24.8. The lowest BCUT2D eigenvalue weighted by Gasteiger charge is -2.27. The van der Waals surface area contributed by atoms with E-state index in [0.29, 0.717) is 0 Å². The van der Waals surface area contributed by atoms with Gasteiger partial charge in [-0.05, 0) is 98.0 Å². The van der Waals surface area contributed by atoms with Gasteiger partial charge in [0.25, 0.3) is 0 Å².